The molecule has 0 N–H and O–H groups in total. The van der Waals surface area contributed by atoms with Crippen LogP contribution in [-0.2, 0) is 6.54 Å². The largest absolute Gasteiger partial charge is 0.467 e. The molecule has 7 nitrogen and oxygen atoms in total. The molecule has 1 atom stereocenters. The van der Waals surface area contributed by atoms with Crippen LogP contribution in [0.4, 0.5) is 0 Å². The lowest BCUT2D eigenvalue weighted by molar-refractivity contribution is 0.0496. The fraction of sp³-hybridized carbons (Fsp3) is 0.762. The molecule has 1 aliphatic heterocycles. The maximum Gasteiger partial charge on any atom is 0.168 e. The van der Waals surface area contributed by atoms with E-state index >= 15 is 0 Å². The summed E-state index contributed by atoms with van der Waals surface area (Å²) in [5, 5.41) is 12.7. The van der Waals surface area contributed by atoms with Crippen molar-refractivity contribution in [2.75, 3.05) is 26.2 Å². The van der Waals surface area contributed by atoms with E-state index in [1.807, 2.05) is 16.8 Å². The van der Waals surface area contributed by atoms with E-state index in [9.17, 15) is 0 Å². The van der Waals surface area contributed by atoms with Crippen molar-refractivity contribution < 1.29 is 4.42 Å². The molecular formula is C21H34N6O. The second-order valence-corrected chi connectivity index (χ2v) is 8.30. The van der Waals surface area contributed by atoms with Crippen molar-refractivity contribution in [1.82, 2.24) is 30.0 Å². The average Bonchev–Trinajstić information content (AvgIpc) is 3.42. The molecule has 2 aromatic heterocycles. The first-order valence-electron chi connectivity index (χ1n) is 11.1. The third-order valence-corrected chi connectivity index (χ3v) is 6.46. The highest BCUT2D eigenvalue weighted by Gasteiger charge is 2.31. The van der Waals surface area contributed by atoms with E-state index in [1.165, 1.54) is 58.0 Å². The predicted molar refractivity (Wildman–Crippen MR) is 108 cm³/mol. The van der Waals surface area contributed by atoms with Crippen molar-refractivity contribution in [2.45, 2.75) is 76.9 Å². The van der Waals surface area contributed by atoms with E-state index < -0.39 is 0 Å². The van der Waals surface area contributed by atoms with Crippen LogP contribution in [0.1, 0.15) is 75.9 Å². The van der Waals surface area contributed by atoms with Crippen molar-refractivity contribution in [2.24, 2.45) is 0 Å². The second kappa shape index (κ2) is 9.65. The molecule has 1 saturated carbocycles. The number of aromatic nitrogens is 4. The van der Waals surface area contributed by atoms with Crippen LogP contribution >= 0.6 is 0 Å². The standard InChI is InChI=1S/C21H34N6O/c1-2-3-11-20(21-22-23-24-27(21)17-19-10-7-16-28-19)26-14-12-25(13-15-26)18-8-5-4-6-9-18/h7,10,16,18,20H,2-6,8-9,11-15,17H2,1H3. The van der Waals surface area contributed by atoms with Gasteiger partial charge in [-0.05, 0) is 41.8 Å². The Balaban J connectivity index is 1.43. The number of rotatable bonds is 8. The minimum atomic E-state index is 0.290. The Labute approximate surface area is 168 Å². The fourth-order valence-corrected chi connectivity index (χ4v) is 4.85. The van der Waals surface area contributed by atoms with Gasteiger partial charge in [-0.25, -0.2) is 4.68 Å². The molecule has 2 aromatic rings. The highest BCUT2D eigenvalue weighted by Crippen LogP contribution is 2.29. The summed E-state index contributed by atoms with van der Waals surface area (Å²) in [6.45, 7) is 7.42. The molecular weight excluding hydrogens is 352 g/mol. The van der Waals surface area contributed by atoms with Crippen LogP contribution in [0.3, 0.4) is 0 Å². The average molecular weight is 387 g/mol. The van der Waals surface area contributed by atoms with Crippen LogP contribution in [0.5, 0.6) is 0 Å². The molecule has 1 unspecified atom stereocenters. The first-order valence-corrected chi connectivity index (χ1v) is 11.1. The number of piperazine rings is 1. The van der Waals surface area contributed by atoms with E-state index in [-0.39, 0.29) is 0 Å². The van der Waals surface area contributed by atoms with Crippen LogP contribution in [0.25, 0.3) is 0 Å². The van der Waals surface area contributed by atoms with Crippen molar-refractivity contribution in [3.05, 3.63) is 30.0 Å². The Bertz CT molecular complexity index is 686. The third kappa shape index (κ3) is 4.63. The van der Waals surface area contributed by atoms with Gasteiger partial charge in [0.25, 0.3) is 0 Å². The number of hydrogen-bond donors (Lipinski definition) is 0. The molecule has 1 aliphatic carbocycles. The number of furan rings is 1. The minimum Gasteiger partial charge on any atom is -0.467 e. The maximum absolute atomic E-state index is 5.51. The molecule has 1 saturated heterocycles. The fourth-order valence-electron chi connectivity index (χ4n) is 4.85. The molecule has 2 aliphatic rings. The van der Waals surface area contributed by atoms with Gasteiger partial charge in [0, 0.05) is 32.2 Å². The smallest absolute Gasteiger partial charge is 0.168 e. The number of unbranched alkanes of at least 4 members (excludes halogenated alkanes) is 1. The zero-order valence-electron chi connectivity index (χ0n) is 17.2. The summed E-state index contributed by atoms with van der Waals surface area (Å²) in [5.41, 5.74) is 0. The molecule has 0 spiro atoms. The van der Waals surface area contributed by atoms with Gasteiger partial charge in [-0.3, -0.25) is 9.80 Å². The highest BCUT2D eigenvalue weighted by atomic mass is 16.3. The Morgan fingerprint density at radius 1 is 1.14 bits per heavy atom. The zero-order chi connectivity index (χ0) is 19.2. The highest BCUT2D eigenvalue weighted by molar-refractivity contribution is 5.02. The van der Waals surface area contributed by atoms with Crippen molar-refractivity contribution in [3.8, 4) is 0 Å². The minimum absolute atomic E-state index is 0.290. The SMILES string of the molecule is CCCCC(c1nnnn1Cc1ccco1)N1CCN(C2CCCCC2)CC1. The topological polar surface area (TPSA) is 63.2 Å². The van der Waals surface area contributed by atoms with Crippen LogP contribution in [0, 0.1) is 0 Å². The number of hydrogen-bond acceptors (Lipinski definition) is 6. The maximum atomic E-state index is 5.51. The van der Waals surface area contributed by atoms with E-state index in [2.05, 4.69) is 32.2 Å². The van der Waals surface area contributed by atoms with Crippen LogP contribution in [0.15, 0.2) is 22.8 Å². The van der Waals surface area contributed by atoms with Gasteiger partial charge in [-0.2, -0.15) is 0 Å². The second-order valence-electron chi connectivity index (χ2n) is 8.30. The lowest BCUT2D eigenvalue weighted by atomic mass is 9.93. The summed E-state index contributed by atoms with van der Waals surface area (Å²) in [5.74, 6) is 1.88. The van der Waals surface area contributed by atoms with Gasteiger partial charge >= 0.3 is 0 Å². The Morgan fingerprint density at radius 2 is 1.96 bits per heavy atom. The molecule has 4 rings (SSSR count). The molecule has 2 fully saturated rings. The van der Waals surface area contributed by atoms with Crippen molar-refractivity contribution in [3.63, 3.8) is 0 Å². The van der Waals surface area contributed by atoms with Crippen molar-refractivity contribution >= 4 is 0 Å². The molecule has 0 amide bonds. The lowest BCUT2D eigenvalue weighted by Crippen LogP contribution is -2.51. The number of tetrazole rings is 1. The molecule has 3 heterocycles. The first-order chi connectivity index (χ1) is 13.8. The van der Waals surface area contributed by atoms with Gasteiger partial charge < -0.3 is 4.42 Å². The monoisotopic (exact) mass is 386 g/mol. The summed E-state index contributed by atoms with van der Waals surface area (Å²) in [7, 11) is 0. The molecule has 7 heteroatoms. The van der Waals surface area contributed by atoms with E-state index in [4.69, 9.17) is 4.42 Å². The Kier molecular flexibility index (Phi) is 6.75. The van der Waals surface area contributed by atoms with Crippen molar-refractivity contribution in [1.29, 1.82) is 0 Å². The Morgan fingerprint density at radius 3 is 2.68 bits per heavy atom. The van der Waals surface area contributed by atoms with E-state index in [0.29, 0.717) is 12.6 Å². The van der Waals surface area contributed by atoms with E-state index in [0.717, 1.165) is 37.1 Å². The summed E-state index contributed by atoms with van der Waals surface area (Å²) in [4.78, 5) is 5.34. The summed E-state index contributed by atoms with van der Waals surface area (Å²) in [6, 6.07) is 5.00. The molecule has 0 aromatic carbocycles. The quantitative estimate of drug-likeness (QED) is 0.692. The van der Waals surface area contributed by atoms with Crippen LogP contribution in [-0.4, -0.2) is 62.2 Å². The molecule has 28 heavy (non-hydrogen) atoms. The number of nitrogens with zero attached hydrogens (tertiary/aromatic N) is 6. The van der Waals surface area contributed by atoms with Crippen LogP contribution < -0.4 is 0 Å². The van der Waals surface area contributed by atoms with Crippen LogP contribution in [0.2, 0.25) is 0 Å². The van der Waals surface area contributed by atoms with Gasteiger partial charge in [-0.15, -0.1) is 5.10 Å². The van der Waals surface area contributed by atoms with Gasteiger partial charge in [0.2, 0.25) is 0 Å². The first kappa shape index (κ1) is 19.6. The summed E-state index contributed by atoms with van der Waals surface area (Å²) >= 11 is 0. The zero-order valence-corrected chi connectivity index (χ0v) is 17.2. The van der Waals surface area contributed by atoms with Gasteiger partial charge in [0.05, 0.1) is 12.3 Å². The molecule has 154 valence electrons. The predicted octanol–water partition coefficient (Wildman–Crippen LogP) is 3.50. The normalized spacial score (nSPS) is 21.2. The van der Waals surface area contributed by atoms with E-state index in [1.54, 1.807) is 6.26 Å². The Hall–Kier alpha value is -1.73. The lowest BCUT2D eigenvalue weighted by Gasteiger charge is -2.43. The van der Waals surface area contributed by atoms with Gasteiger partial charge in [0.1, 0.15) is 12.3 Å². The third-order valence-electron chi connectivity index (χ3n) is 6.46. The van der Waals surface area contributed by atoms with Gasteiger partial charge in [-0.1, -0.05) is 39.0 Å². The van der Waals surface area contributed by atoms with Gasteiger partial charge in [0.15, 0.2) is 5.82 Å². The summed E-state index contributed by atoms with van der Waals surface area (Å²) in [6.07, 6.45) is 12.2. The molecule has 0 bridgehead atoms. The summed E-state index contributed by atoms with van der Waals surface area (Å²) < 4.78 is 7.44. The molecule has 0 radical (unpaired) electrons.